The molecule has 1 aliphatic heterocycles. The molecule has 0 aliphatic carbocycles. The summed E-state index contributed by atoms with van der Waals surface area (Å²) in [7, 11) is 0. The molecule has 1 fully saturated rings. The molecule has 0 unspecified atom stereocenters. The molecule has 0 spiro atoms. The Hall–Kier alpha value is -2.02. The lowest BCUT2D eigenvalue weighted by molar-refractivity contribution is -0.117. The van der Waals surface area contributed by atoms with Crippen LogP contribution in [0, 0.1) is 5.82 Å². The number of carbonyl (C=O) groups excluding carboxylic acids is 1. The maximum atomic E-state index is 13.1. The first-order valence-electron chi connectivity index (χ1n) is 7.60. The topological polar surface area (TPSA) is 65.5 Å². The number of pyridine rings is 1. The Labute approximate surface area is 144 Å². The van der Waals surface area contributed by atoms with Gasteiger partial charge in [0.05, 0.1) is 17.7 Å². The van der Waals surface area contributed by atoms with E-state index in [1.165, 1.54) is 18.3 Å². The lowest BCUT2D eigenvalue weighted by Crippen LogP contribution is -2.34. The maximum Gasteiger partial charge on any atom is 0.239 e. The second-order valence-electron chi connectivity index (χ2n) is 5.80. The molecule has 0 saturated carbocycles. The third-order valence-electron chi connectivity index (χ3n) is 3.98. The van der Waals surface area contributed by atoms with E-state index in [-0.39, 0.29) is 24.3 Å². The SMILES string of the molecule is O=C(CN1C[C@H](O)C[C@H]1c1ccc(F)cc1)Nc1ccc(Cl)cn1. The molecule has 1 aliphatic rings. The minimum absolute atomic E-state index is 0.114. The molecule has 7 heteroatoms. The smallest absolute Gasteiger partial charge is 0.239 e. The molecular weight excluding hydrogens is 333 g/mol. The lowest BCUT2D eigenvalue weighted by atomic mass is 10.0. The number of hydrogen-bond acceptors (Lipinski definition) is 4. The van der Waals surface area contributed by atoms with E-state index in [4.69, 9.17) is 11.6 Å². The van der Waals surface area contributed by atoms with Crippen LogP contribution in [0.5, 0.6) is 0 Å². The van der Waals surface area contributed by atoms with Gasteiger partial charge in [-0.1, -0.05) is 23.7 Å². The summed E-state index contributed by atoms with van der Waals surface area (Å²) in [6.45, 7) is 0.507. The number of benzene rings is 1. The van der Waals surface area contributed by atoms with Gasteiger partial charge in [0.2, 0.25) is 5.91 Å². The number of β-amino-alcohol motifs (C(OH)–C–C–N with tert-alkyl or cyclic N) is 1. The van der Waals surface area contributed by atoms with Gasteiger partial charge in [-0.2, -0.15) is 0 Å². The van der Waals surface area contributed by atoms with Crippen molar-refractivity contribution in [1.29, 1.82) is 0 Å². The number of anilines is 1. The van der Waals surface area contributed by atoms with Crippen molar-refractivity contribution in [3.8, 4) is 0 Å². The number of carbonyl (C=O) groups is 1. The molecular formula is C17H17ClFN3O2. The molecule has 3 rings (SSSR count). The second-order valence-corrected chi connectivity index (χ2v) is 6.23. The molecule has 0 bridgehead atoms. The van der Waals surface area contributed by atoms with Gasteiger partial charge in [0, 0.05) is 18.8 Å². The Morgan fingerprint density at radius 3 is 2.75 bits per heavy atom. The number of aliphatic hydroxyl groups excluding tert-OH is 1. The fourth-order valence-electron chi connectivity index (χ4n) is 2.90. The van der Waals surface area contributed by atoms with Crippen molar-refractivity contribution in [3.63, 3.8) is 0 Å². The summed E-state index contributed by atoms with van der Waals surface area (Å²) in [5.74, 6) is -0.121. The molecule has 24 heavy (non-hydrogen) atoms. The molecule has 1 aromatic carbocycles. The van der Waals surface area contributed by atoms with Crippen molar-refractivity contribution in [1.82, 2.24) is 9.88 Å². The summed E-state index contributed by atoms with van der Waals surface area (Å²) in [6, 6.07) is 9.28. The Morgan fingerprint density at radius 2 is 2.08 bits per heavy atom. The number of nitrogens with zero attached hydrogens (tertiary/aromatic N) is 2. The van der Waals surface area contributed by atoms with Crippen molar-refractivity contribution < 1.29 is 14.3 Å². The van der Waals surface area contributed by atoms with Crippen molar-refractivity contribution >= 4 is 23.3 Å². The Balaban J connectivity index is 1.66. The number of nitrogens with one attached hydrogen (secondary N) is 1. The van der Waals surface area contributed by atoms with Gasteiger partial charge >= 0.3 is 0 Å². The summed E-state index contributed by atoms with van der Waals surface area (Å²) in [4.78, 5) is 18.1. The van der Waals surface area contributed by atoms with E-state index in [1.54, 1.807) is 24.3 Å². The number of aromatic nitrogens is 1. The average molecular weight is 350 g/mol. The van der Waals surface area contributed by atoms with Crippen LogP contribution in [0.25, 0.3) is 0 Å². The minimum Gasteiger partial charge on any atom is -0.392 e. The highest BCUT2D eigenvalue weighted by molar-refractivity contribution is 6.30. The number of amides is 1. The van der Waals surface area contributed by atoms with Gasteiger partial charge in [-0.05, 0) is 36.2 Å². The number of aliphatic hydroxyl groups is 1. The molecule has 0 radical (unpaired) electrons. The van der Waals surface area contributed by atoms with Gasteiger partial charge in [0.1, 0.15) is 11.6 Å². The third kappa shape index (κ3) is 4.08. The van der Waals surface area contributed by atoms with Crippen molar-refractivity contribution in [2.45, 2.75) is 18.6 Å². The largest absolute Gasteiger partial charge is 0.392 e. The highest BCUT2D eigenvalue weighted by atomic mass is 35.5. The maximum absolute atomic E-state index is 13.1. The monoisotopic (exact) mass is 349 g/mol. The van der Waals surface area contributed by atoms with E-state index in [0.29, 0.717) is 23.8 Å². The molecule has 2 N–H and O–H groups in total. The first-order valence-corrected chi connectivity index (χ1v) is 7.98. The van der Waals surface area contributed by atoms with Crippen molar-refractivity contribution in [2.24, 2.45) is 0 Å². The summed E-state index contributed by atoms with van der Waals surface area (Å²) >= 11 is 5.76. The normalized spacial score (nSPS) is 21.0. The molecule has 126 valence electrons. The van der Waals surface area contributed by atoms with Crippen LogP contribution < -0.4 is 5.32 Å². The van der Waals surface area contributed by atoms with Crippen LogP contribution >= 0.6 is 11.6 Å². The molecule has 2 atom stereocenters. The molecule has 1 amide bonds. The predicted molar refractivity (Wildman–Crippen MR) is 89.2 cm³/mol. The standard InChI is InChI=1S/C17H17ClFN3O2/c18-12-3-6-16(20-8-12)21-17(24)10-22-9-14(23)7-15(22)11-1-4-13(19)5-2-11/h1-6,8,14-15,23H,7,9-10H2,(H,20,21,24)/t14-,15+/m1/s1. The van der Waals surface area contributed by atoms with Gasteiger partial charge < -0.3 is 10.4 Å². The van der Waals surface area contributed by atoms with Crippen LogP contribution in [0.4, 0.5) is 10.2 Å². The van der Waals surface area contributed by atoms with Gasteiger partial charge in [-0.3, -0.25) is 9.69 Å². The van der Waals surface area contributed by atoms with E-state index < -0.39 is 6.10 Å². The Kier molecular flexibility index (Phi) is 5.08. The summed E-state index contributed by atoms with van der Waals surface area (Å²) in [5, 5.41) is 13.1. The first-order chi connectivity index (χ1) is 11.5. The first kappa shape index (κ1) is 16.8. The molecule has 1 aromatic heterocycles. The highest BCUT2D eigenvalue weighted by Gasteiger charge is 2.33. The highest BCUT2D eigenvalue weighted by Crippen LogP contribution is 2.31. The number of likely N-dealkylation sites (tertiary alicyclic amines) is 1. The van der Waals surface area contributed by atoms with Gasteiger partial charge in [-0.15, -0.1) is 0 Å². The van der Waals surface area contributed by atoms with Crippen LogP contribution in [0.3, 0.4) is 0 Å². The van der Waals surface area contributed by atoms with E-state index in [2.05, 4.69) is 10.3 Å². The molecule has 1 saturated heterocycles. The predicted octanol–water partition coefficient (Wildman–Crippen LogP) is 2.62. The van der Waals surface area contributed by atoms with Crippen LogP contribution in [-0.4, -0.2) is 40.1 Å². The fourth-order valence-corrected chi connectivity index (χ4v) is 3.01. The Morgan fingerprint density at radius 1 is 1.33 bits per heavy atom. The summed E-state index contributed by atoms with van der Waals surface area (Å²) in [6.07, 6.45) is 1.46. The number of halogens is 2. The van der Waals surface area contributed by atoms with E-state index in [1.807, 2.05) is 4.90 Å². The minimum atomic E-state index is -0.512. The quantitative estimate of drug-likeness (QED) is 0.890. The number of hydrogen-bond donors (Lipinski definition) is 2. The van der Waals surface area contributed by atoms with Crippen LogP contribution in [0.2, 0.25) is 5.02 Å². The molecule has 5 nitrogen and oxygen atoms in total. The van der Waals surface area contributed by atoms with Crippen molar-refractivity contribution in [2.75, 3.05) is 18.4 Å². The summed E-state index contributed by atoms with van der Waals surface area (Å²) < 4.78 is 13.1. The molecule has 2 heterocycles. The second kappa shape index (κ2) is 7.25. The zero-order valence-electron chi connectivity index (χ0n) is 12.8. The van der Waals surface area contributed by atoms with E-state index in [0.717, 1.165) is 5.56 Å². The van der Waals surface area contributed by atoms with Crippen molar-refractivity contribution in [3.05, 3.63) is 59.0 Å². The zero-order chi connectivity index (χ0) is 17.1. The van der Waals surface area contributed by atoms with Crippen LogP contribution in [0.1, 0.15) is 18.0 Å². The van der Waals surface area contributed by atoms with Crippen LogP contribution in [-0.2, 0) is 4.79 Å². The van der Waals surface area contributed by atoms with Gasteiger partial charge in [0.15, 0.2) is 0 Å². The van der Waals surface area contributed by atoms with E-state index in [9.17, 15) is 14.3 Å². The van der Waals surface area contributed by atoms with E-state index >= 15 is 0 Å². The lowest BCUT2D eigenvalue weighted by Gasteiger charge is -2.23. The average Bonchev–Trinajstić information content (AvgIpc) is 2.90. The Bertz CT molecular complexity index is 709. The molecule has 2 aromatic rings. The third-order valence-corrected chi connectivity index (χ3v) is 4.20. The van der Waals surface area contributed by atoms with Gasteiger partial charge in [-0.25, -0.2) is 9.37 Å². The van der Waals surface area contributed by atoms with Gasteiger partial charge in [0.25, 0.3) is 0 Å². The van der Waals surface area contributed by atoms with Crippen LogP contribution in [0.15, 0.2) is 42.6 Å². The number of rotatable bonds is 4. The fraction of sp³-hybridized carbons (Fsp3) is 0.294. The zero-order valence-corrected chi connectivity index (χ0v) is 13.6. The summed E-state index contributed by atoms with van der Waals surface area (Å²) in [5.41, 5.74) is 0.880.